The molecule has 0 amide bonds. The first-order valence-corrected chi connectivity index (χ1v) is 5.57. The van der Waals surface area contributed by atoms with Gasteiger partial charge in [-0.05, 0) is 6.07 Å². The van der Waals surface area contributed by atoms with Crippen molar-refractivity contribution in [1.82, 2.24) is 0 Å². The van der Waals surface area contributed by atoms with Crippen LogP contribution in [0.1, 0.15) is 5.56 Å². The lowest BCUT2D eigenvalue weighted by Crippen LogP contribution is -2.15. The first-order valence-electron chi connectivity index (χ1n) is 3.86. The van der Waals surface area contributed by atoms with Crippen LogP contribution >= 0.6 is 0 Å². The topological polar surface area (TPSA) is 69.4 Å². The third kappa shape index (κ3) is 3.14. The van der Waals surface area contributed by atoms with Crippen LogP contribution < -0.4 is 9.88 Å². The summed E-state index contributed by atoms with van der Waals surface area (Å²) in [5, 5.41) is 4.76. The van der Waals surface area contributed by atoms with E-state index < -0.39 is 27.4 Å². The number of hydrogen-bond acceptors (Lipinski definition) is 3. The van der Waals surface area contributed by atoms with Crippen LogP contribution in [0, 0.1) is 11.6 Å². The molecule has 1 aromatic carbocycles. The summed E-state index contributed by atoms with van der Waals surface area (Å²) >= 11 is 0. The van der Waals surface area contributed by atoms with Crippen molar-refractivity contribution in [3.8, 4) is 5.75 Å². The Morgan fingerprint density at radius 3 is 2.47 bits per heavy atom. The molecule has 84 valence electrons. The molecule has 15 heavy (non-hydrogen) atoms. The van der Waals surface area contributed by atoms with Crippen LogP contribution in [0.2, 0.25) is 0 Å². The molecule has 0 saturated heterocycles. The van der Waals surface area contributed by atoms with Gasteiger partial charge in [0, 0.05) is 11.6 Å². The lowest BCUT2D eigenvalue weighted by Gasteiger charge is -2.08. The molecule has 0 aliphatic rings. The van der Waals surface area contributed by atoms with Crippen LogP contribution in [0.25, 0.3) is 0 Å². The van der Waals surface area contributed by atoms with Gasteiger partial charge in [0.1, 0.15) is 5.82 Å². The fourth-order valence-corrected chi connectivity index (χ4v) is 1.81. The van der Waals surface area contributed by atoms with Gasteiger partial charge in [0.05, 0.1) is 12.9 Å². The molecule has 0 aliphatic heterocycles. The Kier molecular flexibility index (Phi) is 3.25. The monoisotopic (exact) mass is 237 g/mol. The molecule has 2 N–H and O–H groups in total. The zero-order valence-corrected chi connectivity index (χ0v) is 8.64. The Labute approximate surface area is 85.7 Å². The average Bonchev–Trinajstić information content (AvgIpc) is 1.99. The molecule has 7 heteroatoms. The van der Waals surface area contributed by atoms with Crippen molar-refractivity contribution in [1.29, 1.82) is 0 Å². The quantitative estimate of drug-likeness (QED) is 0.843. The number of primary sulfonamides is 1. The minimum atomic E-state index is -3.86. The number of halogens is 2. The highest BCUT2D eigenvalue weighted by atomic mass is 32.2. The third-order valence-electron chi connectivity index (χ3n) is 1.65. The molecule has 0 fully saturated rings. The maximum atomic E-state index is 13.1. The summed E-state index contributed by atoms with van der Waals surface area (Å²) in [7, 11) is -2.70. The molecule has 0 aromatic heterocycles. The van der Waals surface area contributed by atoms with E-state index in [4.69, 9.17) is 5.14 Å². The van der Waals surface area contributed by atoms with Gasteiger partial charge in [-0.3, -0.25) is 0 Å². The largest absolute Gasteiger partial charge is 0.493 e. The van der Waals surface area contributed by atoms with Crippen molar-refractivity contribution in [3.05, 3.63) is 29.3 Å². The summed E-state index contributed by atoms with van der Waals surface area (Å²) in [4.78, 5) is 0. The Morgan fingerprint density at radius 1 is 1.40 bits per heavy atom. The number of sulfonamides is 1. The minimum Gasteiger partial charge on any atom is -0.493 e. The van der Waals surface area contributed by atoms with Crippen molar-refractivity contribution >= 4 is 10.0 Å². The lowest BCUT2D eigenvalue weighted by molar-refractivity contribution is 0.380. The number of methoxy groups -OCH3 is 1. The molecule has 1 rings (SSSR count). The molecule has 1 aromatic rings. The van der Waals surface area contributed by atoms with Gasteiger partial charge >= 0.3 is 0 Å². The Hall–Kier alpha value is -1.21. The highest BCUT2D eigenvalue weighted by Gasteiger charge is 2.16. The Bertz CT molecular complexity index is 473. The SMILES string of the molecule is COc1c(F)cc(F)cc1CS(N)(=O)=O. The maximum Gasteiger partial charge on any atom is 0.213 e. The van der Waals surface area contributed by atoms with Crippen molar-refractivity contribution < 1.29 is 21.9 Å². The van der Waals surface area contributed by atoms with E-state index in [1.165, 1.54) is 0 Å². The summed E-state index contributed by atoms with van der Waals surface area (Å²) in [5.74, 6) is -2.83. The second kappa shape index (κ2) is 4.11. The predicted molar refractivity (Wildman–Crippen MR) is 49.7 cm³/mol. The number of nitrogens with two attached hydrogens (primary N) is 1. The Morgan fingerprint density at radius 2 is 2.00 bits per heavy atom. The van der Waals surface area contributed by atoms with Gasteiger partial charge in [-0.15, -0.1) is 0 Å². The van der Waals surface area contributed by atoms with E-state index in [1.807, 2.05) is 0 Å². The van der Waals surface area contributed by atoms with Crippen LogP contribution in [-0.4, -0.2) is 15.5 Å². The summed E-state index contributed by atoms with van der Waals surface area (Å²) in [6, 6.07) is 1.47. The van der Waals surface area contributed by atoms with Crippen molar-refractivity contribution in [2.45, 2.75) is 5.75 Å². The fraction of sp³-hybridized carbons (Fsp3) is 0.250. The molecular weight excluding hydrogens is 228 g/mol. The van der Waals surface area contributed by atoms with E-state index in [1.54, 1.807) is 0 Å². The fourth-order valence-electron chi connectivity index (χ4n) is 1.17. The highest BCUT2D eigenvalue weighted by Crippen LogP contribution is 2.25. The average molecular weight is 237 g/mol. The molecule has 0 aliphatic carbocycles. The summed E-state index contributed by atoms with van der Waals surface area (Å²) in [6.07, 6.45) is 0. The highest BCUT2D eigenvalue weighted by molar-refractivity contribution is 7.88. The first kappa shape index (κ1) is 11.9. The number of rotatable bonds is 3. The summed E-state index contributed by atoms with van der Waals surface area (Å²) in [5.41, 5.74) is -0.141. The van der Waals surface area contributed by atoms with Crippen LogP contribution in [0.3, 0.4) is 0 Å². The summed E-state index contributed by atoms with van der Waals surface area (Å²) < 4.78 is 52.0. The van der Waals surface area contributed by atoms with E-state index in [0.29, 0.717) is 6.07 Å². The van der Waals surface area contributed by atoms with Gasteiger partial charge in [-0.1, -0.05) is 0 Å². The van der Waals surface area contributed by atoms with Crippen molar-refractivity contribution in [3.63, 3.8) is 0 Å². The summed E-state index contributed by atoms with van der Waals surface area (Å²) in [6.45, 7) is 0. The van der Waals surface area contributed by atoms with E-state index in [0.717, 1.165) is 13.2 Å². The molecule has 4 nitrogen and oxygen atoms in total. The van der Waals surface area contributed by atoms with Gasteiger partial charge in [-0.25, -0.2) is 22.3 Å². The van der Waals surface area contributed by atoms with Crippen LogP contribution in [0.4, 0.5) is 8.78 Å². The van der Waals surface area contributed by atoms with Gasteiger partial charge in [0.2, 0.25) is 10.0 Å². The lowest BCUT2D eigenvalue weighted by atomic mass is 10.2. The Balaban J connectivity index is 3.27. The number of benzene rings is 1. The first-order chi connectivity index (χ1) is 6.83. The third-order valence-corrected chi connectivity index (χ3v) is 2.36. The molecule has 0 saturated carbocycles. The maximum absolute atomic E-state index is 13.1. The van der Waals surface area contributed by atoms with Gasteiger partial charge in [0.15, 0.2) is 11.6 Å². The second-order valence-corrected chi connectivity index (χ2v) is 4.50. The number of ether oxygens (including phenoxy) is 1. The van der Waals surface area contributed by atoms with Crippen LogP contribution in [0.15, 0.2) is 12.1 Å². The number of hydrogen-bond donors (Lipinski definition) is 1. The minimum absolute atomic E-state index is 0.141. The van der Waals surface area contributed by atoms with E-state index in [-0.39, 0.29) is 11.3 Å². The van der Waals surface area contributed by atoms with Gasteiger partial charge in [-0.2, -0.15) is 0 Å². The molecule has 0 radical (unpaired) electrons. The normalized spacial score (nSPS) is 11.5. The van der Waals surface area contributed by atoms with Crippen molar-refractivity contribution in [2.24, 2.45) is 5.14 Å². The zero-order valence-electron chi connectivity index (χ0n) is 7.83. The standard InChI is InChI=1S/C8H9F2NO3S/c1-14-8-5(4-15(11,12)13)2-6(9)3-7(8)10/h2-3H,4H2,1H3,(H2,11,12,13). The molecule has 0 bridgehead atoms. The second-order valence-electron chi connectivity index (χ2n) is 2.89. The smallest absolute Gasteiger partial charge is 0.213 e. The van der Waals surface area contributed by atoms with Gasteiger partial charge < -0.3 is 4.74 Å². The van der Waals surface area contributed by atoms with Crippen LogP contribution in [-0.2, 0) is 15.8 Å². The van der Waals surface area contributed by atoms with E-state index >= 15 is 0 Å². The molecule has 0 spiro atoms. The molecule has 0 unspecified atom stereocenters. The predicted octanol–water partition coefficient (Wildman–Crippen LogP) is 0.762. The molecular formula is C8H9F2NO3S. The van der Waals surface area contributed by atoms with Crippen molar-refractivity contribution in [2.75, 3.05) is 7.11 Å². The van der Waals surface area contributed by atoms with Gasteiger partial charge in [0.25, 0.3) is 0 Å². The molecule has 0 atom stereocenters. The molecule has 0 heterocycles. The van der Waals surface area contributed by atoms with E-state index in [9.17, 15) is 17.2 Å². The van der Waals surface area contributed by atoms with Crippen LogP contribution in [0.5, 0.6) is 5.75 Å². The zero-order chi connectivity index (χ0) is 11.6. The van der Waals surface area contributed by atoms with E-state index in [2.05, 4.69) is 4.74 Å².